The summed E-state index contributed by atoms with van der Waals surface area (Å²) in [4.78, 5) is 24.8. The highest BCUT2D eigenvalue weighted by Crippen LogP contribution is 2.15. The van der Waals surface area contributed by atoms with Crippen LogP contribution in [-0.4, -0.2) is 47.8 Å². The highest BCUT2D eigenvalue weighted by molar-refractivity contribution is 5.87. The molecule has 6 nitrogen and oxygen atoms in total. The molecule has 1 aliphatic rings. The number of piperidine rings is 1. The molecular formula is C18H26N2O4. The fourth-order valence-electron chi connectivity index (χ4n) is 2.61. The quantitative estimate of drug-likeness (QED) is 0.838. The van der Waals surface area contributed by atoms with Crippen LogP contribution in [0.1, 0.15) is 42.6 Å². The molecule has 0 bridgehead atoms. The molecule has 1 heterocycles. The number of ether oxygens (including phenoxy) is 1. The zero-order chi connectivity index (χ0) is 17.5. The van der Waals surface area contributed by atoms with Gasteiger partial charge in [-0.05, 0) is 36.5 Å². The number of likely N-dealkylation sites (tertiary alicyclic amines) is 1. The summed E-state index contributed by atoms with van der Waals surface area (Å²) in [6, 6.07) is 6.44. The number of benzene rings is 1. The molecular weight excluding hydrogens is 308 g/mol. The number of urea groups is 1. The molecule has 24 heavy (non-hydrogen) atoms. The molecule has 0 radical (unpaired) electrons. The first-order chi connectivity index (χ1) is 11.5. The molecule has 0 aliphatic carbocycles. The van der Waals surface area contributed by atoms with Crippen molar-refractivity contribution < 1.29 is 19.4 Å². The van der Waals surface area contributed by atoms with Crippen molar-refractivity contribution in [2.24, 2.45) is 5.92 Å². The Kier molecular flexibility index (Phi) is 6.61. The minimum Gasteiger partial charge on any atom is -0.478 e. The third kappa shape index (κ3) is 5.53. The van der Waals surface area contributed by atoms with Gasteiger partial charge in [0, 0.05) is 26.2 Å². The number of hydrogen-bond donors (Lipinski definition) is 2. The number of carboxylic acid groups (broad SMARTS) is 1. The maximum absolute atomic E-state index is 12.2. The van der Waals surface area contributed by atoms with Crippen molar-refractivity contribution in [1.29, 1.82) is 0 Å². The maximum atomic E-state index is 12.2. The number of aromatic carboxylic acids is 1. The minimum absolute atomic E-state index is 0.0837. The van der Waals surface area contributed by atoms with Crippen LogP contribution < -0.4 is 5.32 Å². The lowest BCUT2D eigenvalue weighted by Crippen LogP contribution is -2.45. The molecule has 0 spiro atoms. The van der Waals surface area contributed by atoms with E-state index in [9.17, 15) is 9.59 Å². The Balaban J connectivity index is 1.72. The molecule has 0 aromatic heterocycles. The van der Waals surface area contributed by atoms with Crippen molar-refractivity contribution in [3.8, 4) is 0 Å². The van der Waals surface area contributed by atoms with Crippen LogP contribution in [0.5, 0.6) is 0 Å². The van der Waals surface area contributed by atoms with Crippen LogP contribution in [0.25, 0.3) is 0 Å². The molecule has 1 saturated heterocycles. The third-order valence-corrected chi connectivity index (χ3v) is 4.04. The highest BCUT2D eigenvalue weighted by atomic mass is 16.5. The van der Waals surface area contributed by atoms with E-state index in [2.05, 4.69) is 19.2 Å². The molecule has 1 aromatic rings. The Labute approximate surface area is 142 Å². The fraction of sp³-hybridized carbons (Fsp3) is 0.556. The number of amides is 2. The first-order valence-electron chi connectivity index (χ1n) is 8.42. The second-order valence-electron chi connectivity index (χ2n) is 6.57. The number of carbonyl (C=O) groups excluding carboxylic acids is 1. The lowest BCUT2D eigenvalue weighted by molar-refractivity contribution is 0.00210. The van der Waals surface area contributed by atoms with Gasteiger partial charge in [0.15, 0.2) is 0 Å². The van der Waals surface area contributed by atoms with E-state index in [-0.39, 0.29) is 17.7 Å². The van der Waals surface area contributed by atoms with Gasteiger partial charge in [0.2, 0.25) is 0 Å². The lowest BCUT2D eigenvalue weighted by Gasteiger charge is -2.32. The second kappa shape index (κ2) is 8.68. The summed E-state index contributed by atoms with van der Waals surface area (Å²) < 4.78 is 5.83. The molecule has 6 heteroatoms. The van der Waals surface area contributed by atoms with Crippen LogP contribution in [0.4, 0.5) is 4.79 Å². The number of carbonyl (C=O) groups is 2. The van der Waals surface area contributed by atoms with E-state index in [1.807, 2.05) is 0 Å². The largest absolute Gasteiger partial charge is 0.478 e. The first-order valence-corrected chi connectivity index (χ1v) is 8.42. The van der Waals surface area contributed by atoms with Crippen molar-refractivity contribution in [1.82, 2.24) is 10.2 Å². The van der Waals surface area contributed by atoms with Crippen LogP contribution in [0.15, 0.2) is 24.3 Å². The maximum Gasteiger partial charge on any atom is 0.335 e. The standard InChI is InChI=1S/C18H26N2O4/c1-13(2)12-24-16-7-9-20(10-8-16)18(23)19-11-14-3-5-15(6-4-14)17(21)22/h3-6,13,16H,7-12H2,1-2H3,(H,19,23)(H,21,22). The summed E-state index contributed by atoms with van der Waals surface area (Å²) in [5.41, 5.74) is 1.12. The number of nitrogens with zero attached hydrogens (tertiary/aromatic N) is 1. The van der Waals surface area contributed by atoms with Crippen molar-refractivity contribution >= 4 is 12.0 Å². The lowest BCUT2D eigenvalue weighted by atomic mass is 10.1. The van der Waals surface area contributed by atoms with Gasteiger partial charge in [0.1, 0.15) is 0 Å². The van der Waals surface area contributed by atoms with Gasteiger partial charge in [-0.25, -0.2) is 9.59 Å². The van der Waals surface area contributed by atoms with Crippen molar-refractivity contribution in [3.05, 3.63) is 35.4 Å². The molecule has 2 rings (SSSR count). The van der Waals surface area contributed by atoms with Crippen LogP contribution in [0, 0.1) is 5.92 Å². The molecule has 1 fully saturated rings. The van der Waals surface area contributed by atoms with E-state index in [1.54, 1.807) is 29.2 Å². The number of carboxylic acids is 1. The van der Waals surface area contributed by atoms with Gasteiger partial charge in [-0.2, -0.15) is 0 Å². The van der Waals surface area contributed by atoms with Gasteiger partial charge in [-0.3, -0.25) is 0 Å². The molecule has 0 unspecified atom stereocenters. The molecule has 132 valence electrons. The van der Waals surface area contributed by atoms with Crippen LogP contribution in [0.3, 0.4) is 0 Å². The Hall–Kier alpha value is -2.08. The van der Waals surface area contributed by atoms with Gasteiger partial charge in [-0.15, -0.1) is 0 Å². The SMILES string of the molecule is CC(C)COC1CCN(C(=O)NCc2ccc(C(=O)O)cc2)CC1. The van der Waals surface area contributed by atoms with E-state index in [1.165, 1.54) is 0 Å². The Morgan fingerprint density at radius 1 is 1.25 bits per heavy atom. The fourth-order valence-corrected chi connectivity index (χ4v) is 2.61. The average Bonchev–Trinajstić information content (AvgIpc) is 2.58. The van der Waals surface area contributed by atoms with E-state index in [0.29, 0.717) is 25.6 Å². The van der Waals surface area contributed by atoms with Crippen LogP contribution in [0.2, 0.25) is 0 Å². The molecule has 0 atom stereocenters. The molecule has 1 aromatic carbocycles. The van der Waals surface area contributed by atoms with Gasteiger partial charge >= 0.3 is 12.0 Å². The Morgan fingerprint density at radius 3 is 2.42 bits per heavy atom. The number of hydrogen-bond acceptors (Lipinski definition) is 3. The van der Waals surface area contributed by atoms with Crippen molar-refractivity contribution in [2.75, 3.05) is 19.7 Å². The smallest absolute Gasteiger partial charge is 0.335 e. The zero-order valence-electron chi connectivity index (χ0n) is 14.3. The molecule has 2 amide bonds. The van der Waals surface area contributed by atoms with Gasteiger partial charge in [-0.1, -0.05) is 26.0 Å². The van der Waals surface area contributed by atoms with E-state index >= 15 is 0 Å². The summed E-state index contributed by atoms with van der Waals surface area (Å²) in [5, 5.41) is 11.7. The van der Waals surface area contributed by atoms with Crippen molar-refractivity contribution in [3.63, 3.8) is 0 Å². The summed E-state index contributed by atoms with van der Waals surface area (Å²) in [7, 11) is 0. The van der Waals surface area contributed by atoms with Crippen LogP contribution >= 0.6 is 0 Å². The Bertz CT molecular complexity index is 549. The highest BCUT2D eigenvalue weighted by Gasteiger charge is 2.23. The monoisotopic (exact) mass is 334 g/mol. The second-order valence-corrected chi connectivity index (χ2v) is 6.57. The number of nitrogens with one attached hydrogen (secondary N) is 1. The summed E-state index contributed by atoms with van der Waals surface area (Å²) in [6.45, 7) is 6.82. The van der Waals surface area contributed by atoms with Gasteiger partial charge < -0.3 is 20.1 Å². The van der Waals surface area contributed by atoms with Crippen molar-refractivity contribution in [2.45, 2.75) is 39.3 Å². The normalized spacial score (nSPS) is 15.5. The van der Waals surface area contributed by atoms with E-state index in [0.717, 1.165) is 25.0 Å². The topological polar surface area (TPSA) is 78.9 Å². The number of rotatable bonds is 6. The van der Waals surface area contributed by atoms with Gasteiger partial charge in [0.05, 0.1) is 11.7 Å². The van der Waals surface area contributed by atoms with E-state index < -0.39 is 5.97 Å². The summed E-state index contributed by atoms with van der Waals surface area (Å²) >= 11 is 0. The third-order valence-electron chi connectivity index (χ3n) is 4.04. The summed E-state index contributed by atoms with van der Waals surface area (Å²) in [5.74, 6) is -0.424. The zero-order valence-corrected chi connectivity index (χ0v) is 14.3. The Morgan fingerprint density at radius 2 is 1.88 bits per heavy atom. The predicted molar refractivity (Wildman–Crippen MR) is 91.0 cm³/mol. The van der Waals surface area contributed by atoms with Gasteiger partial charge in [0.25, 0.3) is 0 Å². The van der Waals surface area contributed by atoms with Crippen LogP contribution in [-0.2, 0) is 11.3 Å². The molecule has 0 saturated carbocycles. The molecule has 1 aliphatic heterocycles. The average molecular weight is 334 g/mol. The first kappa shape index (κ1) is 18.3. The van der Waals surface area contributed by atoms with E-state index in [4.69, 9.17) is 9.84 Å². The predicted octanol–water partition coefficient (Wildman–Crippen LogP) is 2.73. The summed E-state index contributed by atoms with van der Waals surface area (Å²) in [6.07, 6.45) is 1.99. The molecule has 2 N–H and O–H groups in total. The minimum atomic E-state index is -0.951.